The first-order valence-electron chi connectivity index (χ1n) is 6.82. The summed E-state index contributed by atoms with van der Waals surface area (Å²) in [5, 5.41) is 0. The lowest BCUT2D eigenvalue weighted by Gasteiger charge is -2.19. The predicted molar refractivity (Wildman–Crippen MR) is 80.2 cm³/mol. The Kier molecular flexibility index (Phi) is 4.52. The van der Waals surface area contributed by atoms with Gasteiger partial charge in [-0.1, -0.05) is 0 Å². The zero-order valence-corrected chi connectivity index (χ0v) is 13.4. The van der Waals surface area contributed by atoms with Gasteiger partial charge in [0.15, 0.2) is 0 Å². The van der Waals surface area contributed by atoms with E-state index in [9.17, 15) is 18.0 Å². The number of rotatable bonds is 5. The molecule has 1 N–H and O–H groups in total. The molecule has 1 fully saturated rings. The number of amides is 2. The molecule has 0 atom stereocenters. The smallest absolute Gasteiger partial charge is 0.240 e. The second-order valence-corrected chi connectivity index (χ2v) is 6.95. The third-order valence-electron chi connectivity index (χ3n) is 3.14. The number of benzene rings is 1. The van der Waals surface area contributed by atoms with Gasteiger partial charge >= 0.3 is 0 Å². The minimum Gasteiger partial charge on any atom is -0.495 e. The summed E-state index contributed by atoms with van der Waals surface area (Å²) in [4.78, 5) is 24.7. The summed E-state index contributed by atoms with van der Waals surface area (Å²) in [5.74, 6) is -0.462. The minimum absolute atomic E-state index is 0.0236. The highest BCUT2D eigenvalue weighted by Crippen LogP contribution is 2.34. The molecule has 1 aliphatic heterocycles. The van der Waals surface area contributed by atoms with Crippen LogP contribution in [0.25, 0.3) is 0 Å². The van der Waals surface area contributed by atoms with Crippen LogP contribution in [-0.4, -0.2) is 33.4 Å². The van der Waals surface area contributed by atoms with E-state index < -0.39 is 10.0 Å². The molecule has 1 heterocycles. The van der Waals surface area contributed by atoms with Crippen LogP contribution in [0.4, 0.5) is 5.69 Å². The molecule has 22 heavy (non-hydrogen) atoms. The van der Waals surface area contributed by atoms with E-state index in [0.29, 0.717) is 0 Å². The lowest BCUT2D eigenvalue weighted by molar-refractivity contribution is -0.121. The second-order valence-electron chi connectivity index (χ2n) is 5.23. The molecule has 7 nitrogen and oxygen atoms in total. The second kappa shape index (κ2) is 6.05. The van der Waals surface area contributed by atoms with Gasteiger partial charge in [0.1, 0.15) is 5.75 Å². The quantitative estimate of drug-likeness (QED) is 0.816. The number of methoxy groups -OCH3 is 1. The summed E-state index contributed by atoms with van der Waals surface area (Å²) >= 11 is 0. The summed E-state index contributed by atoms with van der Waals surface area (Å²) in [5.41, 5.74) is 0.154. The first kappa shape index (κ1) is 16.4. The molecule has 0 saturated carbocycles. The third-order valence-corrected chi connectivity index (χ3v) is 4.80. The number of carbonyl (C=O) groups excluding carboxylic acids is 2. The molecule has 8 heteroatoms. The van der Waals surface area contributed by atoms with Gasteiger partial charge in [-0.25, -0.2) is 18.0 Å². The maximum Gasteiger partial charge on any atom is 0.240 e. The van der Waals surface area contributed by atoms with E-state index in [1.165, 1.54) is 25.3 Å². The normalized spacial score (nSPS) is 15.7. The highest BCUT2D eigenvalue weighted by molar-refractivity contribution is 7.89. The molecule has 0 aromatic heterocycles. The zero-order chi connectivity index (χ0) is 16.5. The van der Waals surface area contributed by atoms with E-state index in [1.807, 2.05) is 0 Å². The van der Waals surface area contributed by atoms with Crippen molar-refractivity contribution in [3.63, 3.8) is 0 Å². The van der Waals surface area contributed by atoms with E-state index >= 15 is 0 Å². The molecule has 2 rings (SSSR count). The Hall–Kier alpha value is -1.93. The predicted octanol–water partition coefficient (Wildman–Crippen LogP) is 1.04. The van der Waals surface area contributed by atoms with Crippen LogP contribution in [0.1, 0.15) is 26.7 Å². The average Bonchev–Trinajstić information content (AvgIpc) is 2.76. The van der Waals surface area contributed by atoms with Gasteiger partial charge in [-0.15, -0.1) is 0 Å². The Morgan fingerprint density at radius 3 is 2.27 bits per heavy atom. The van der Waals surface area contributed by atoms with E-state index in [1.54, 1.807) is 13.8 Å². The van der Waals surface area contributed by atoms with Gasteiger partial charge in [0.2, 0.25) is 21.8 Å². The van der Waals surface area contributed by atoms with Crippen LogP contribution in [0.2, 0.25) is 0 Å². The number of anilines is 1. The summed E-state index contributed by atoms with van der Waals surface area (Å²) < 4.78 is 32.1. The number of hydrogen-bond donors (Lipinski definition) is 1. The van der Waals surface area contributed by atoms with Crippen LogP contribution in [0.3, 0.4) is 0 Å². The van der Waals surface area contributed by atoms with Gasteiger partial charge in [0.25, 0.3) is 0 Å². The monoisotopic (exact) mass is 326 g/mol. The Morgan fingerprint density at radius 1 is 1.18 bits per heavy atom. The van der Waals surface area contributed by atoms with E-state index in [0.717, 1.165) is 4.90 Å². The van der Waals surface area contributed by atoms with Crippen LogP contribution in [0.15, 0.2) is 23.1 Å². The molecule has 0 spiro atoms. The maximum atomic E-state index is 12.2. The van der Waals surface area contributed by atoms with Crippen LogP contribution < -0.4 is 14.4 Å². The van der Waals surface area contributed by atoms with Crippen molar-refractivity contribution in [2.24, 2.45) is 0 Å². The van der Waals surface area contributed by atoms with Crippen LogP contribution in [-0.2, 0) is 19.6 Å². The number of nitrogens with zero attached hydrogens (tertiary/aromatic N) is 1. The molecule has 120 valence electrons. The Balaban J connectivity index is 2.52. The molecule has 0 aliphatic carbocycles. The van der Waals surface area contributed by atoms with Crippen molar-refractivity contribution < 1.29 is 22.7 Å². The maximum absolute atomic E-state index is 12.2. The number of sulfonamides is 1. The largest absolute Gasteiger partial charge is 0.495 e. The Morgan fingerprint density at radius 2 is 1.77 bits per heavy atom. The highest BCUT2D eigenvalue weighted by Gasteiger charge is 2.33. The summed E-state index contributed by atoms with van der Waals surface area (Å²) in [7, 11) is -2.33. The number of nitrogens with one attached hydrogen (secondary N) is 1. The zero-order valence-electron chi connectivity index (χ0n) is 12.6. The standard InChI is InChI=1S/C14H18N2O5S/c1-9(2)15-22(19,20)10-4-5-12(21-3)11(8-10)16-13(17)6-7-14(16)18/h4-5,8-9,15H,6-7H2,1-3H3. The van der Waals surface area contributed by atoms with Gasteiger partial charge in [-0.05, 0) is 32.0 Å². The SMILES string of the molecule is COc1ccc(S(=O)(=O)NC(C)C)cc1N1C(=O)CCC1=O. The van der Waals surface area contributed by atoms with Crippen molar-refractivity contribution in [3.8, 4) is 5.75 Å². The molecule has 1 aromatic rings. The molecule has 0 bridgehead atoms. The molecule has 1 saturated heterocycles. The lowest BCUT2D eigenvalue weighted by Crippen LogP contribution is -2.31. The van der Waals surface area contributed by atoms with Crippen LogP contribution in [0.5, 0.6) is 5.75 Å². The third kappa shape index (κ3) is 3.12. The van der Waals surface area contributed by atoms with Crippen molar-refractivity contribution in [2.45, 2.75) is 37.6 Å². The molecule has 0 unspecified atom stereocenters. The molecular weight excluding hydrogens is 308 g/mol. The Labute approximate surface area is 129 Å². The summed E-state index contributed by atoms with van der Waals surface area (Å²) in [6, 6.07) is 3.82. The number of carbonyl (C=O) groups is 2. The summed E-state index contributed by atoms with van der Waals surface area (Å²) in [6.07, 6.45) is 0.229. The van der Waals surface area contributed by atoms with E-state index in [2.05, 4.69) is 4.72 Å². The fourth-order valence-electron chi connectivity index (χ4n) is 2.24. The van der Waals surface area contributed by atoms with Gasteiger partial charge < -0.3 is 4.74 Å². The van der Waals surface area contributed by atoms with Crippen LogP contribution in [0, 0.1) is 0 Å². The van der Waals surface area contributed by atoms with Crippen molar-refractivity contribution in [2.75, 3.05) is 12.0 Å². The van der Waals surface area contributed by atoms with Gasteiger partial charge in [0, 0.05) is 18.9 Å². The molecule has 1 aliphatic rings. The first-order chi connectivity index (χ1) is 10.3. The van der Waals surface area contributed by atoms with Crippen LogP contribution >= 0.6 is 0 Å². The fraction of sp³-hybridized carbons (Fsp3) is 0.429. The van der Waals surface area contributed by atoms with Crippen molar-refractivity contribution in [3.05, 3.63) is 18.2 Å². The number of imide groups is 1. The van der Waals surface area contributed by atoms with E-state index in [4.69, 9.17) is 4.74 Å². The topological polar surface area (TPSA) is 92.8 Å². The summed E-state index contributed by atoms with van der Waals surface area (Å²) in [6.45, 7) is 3.41. The Bertz CT molecular complexity index is 696. The van der Waals surface area contributed by atoms with Gasteiger partial charge in [-0.2, -0.15) is 0 Å². The number of ether oxygens (including phenoxy) is 1. The van der Waals surface area contributed by atoms with Gasteiger partial charge in [0.05, 0.1) is 17.7 Å². The first-order valence-corrected chi connectivity index (χ1v) is 8.30. The molecule has 1 aromatic carbocycles. The lowest BCUT2D eigenvalue weighted by atomic mass is 10.2. The van der Waals surface area contributed by atoms with Gasteiger partial charge in [-0.3, -0.25) is 9.59 Å². The van der Waals surface area contributed by atoms with Crippen molar-refractivity contribution >= 4 is 27.5 Å². The highest BCUT2D eigenvalue weighted by atomic mass is 32.2. The minimum atomic E-state index is -3.73. The van der Waals surface area contributed by atoms with Crippen molar-refractivity contribution in [1.82, 2.24) is 4.72 Å². The number of hydrogen-bond acceptors (Lipinski definition) is 5. The van der Waals surface area contributed by atoms with E-state index in [-0.39, 0.29) is 47.0 Å². The fourth-order valence-corrected chi connectivity index (χ4v) is 3.51. The average molecular weight is 326 g/mol. The molecular formula is C14H18N2O5S. The molecule has 0 radical (unpaired) electrons. The molecule has 2 amide bonds. The van der Waals surface area contributed by atoms with Crippen molar-refractivity contribution in [1.29, 1.82) is 0 Å².